The van der Waals surface area contributed by atoms with Gasteiger partial charge in [0.05, 0.1) is 6.61 Å². The largest absolute Gasteiger partial charge is 0.483 e. The third-order valence-electron chi connectivity index (χ3n) is 2.55. The third-order valence-corrected chi connectivity index (χ3v) is 2.55. The number of halogens is 1. The first-order chi connectivity index (χ1) is 9.67. The molecule has 1 rings (SSSR count). The maximum absolute atomic E-state index is 13.3. The van der Waals surface area contributed by atoms with Crippen LogP contribution in [0.5, 0.6) is 5.75 Å². The number of carbonyl (C=O) groups is 1. The molecule has 0 bridgehead atoms. The van der Waals surface area contributed by atoms with Gasteiger partial charge in [-0.15, -0.1) is 0 Å². The van der Waals surface area contributed by atoms with E-state index in [4.69, 9.17) is 9.47 Å². The van der Waals surface area contributed by atoms with Crippen LogP contribution < -0.4 is 15.4 Å². The fraction of sp³-hybridized carbons (Fsp3) is 0.500. The molecule has 0 atom stereocenters. The quantitative estimate of drug-likeness (QED) is 0.666. The zero-order valence-corrected chi connectivity index (χ0v) is 11.9. The Morgan fingerprint density at radius 2 is 2.20 bits per heavy atom. The molecule has 0 saturated heterocycles. The fourth-order valence-electron chi connectivity index (χ4n) is 1.62. The van der Waals surface area contributed by atoms with Crippen molar-refractivity contribution in [3.05, 3.63) is 29.6 Å². The number of rotatable bonds is 9. The van der Waals surface area contributed by atoms with E-state index in [9.17, 15) is 9.18 Å². The molecule has 0 fully saturated rings. The molecular weight excluding hydrogens is 263 g/mol. The molecule has 112 valence electrons. The molecule has 6 heteroatoms. The Balaban J connectivity index is 2.57. The van der Waals surface area contributed by atoms with Gasteiger partial charge in [0.2, 0.25) is 0 Å². The Morgan fingerprint density at radius 1 is 1.40 bits per heavy atom. The van der Waals surface area contributed by atoms with E-state index < -0.39 is 0 Å². The molecule has 1 aromatic carbocycles. The minimum absolute atomic E-state index is 0.0788. The van der Waals surface area contributed by atoms with Gasteiger partial charge in [0.25, 0.3) is 5.91 Å². The monoisotopic (exact) mass is 284 g/mol. The molecule has 20 heavy (non-hydrogen) atoms. The van der Waals surface area contributed by atoms with E-state index in [2.05, 4.69) is 10.6 Å². The fourth-order valence-corrected chi connectivity index (χ4v) is 1.62. The van der Waals surface area contributed by atoms with Crippen molar-refractivity contribution >= 4 is 5.91 Å². The van der Waals surface area contributed by atoms with Gasteiger partial charge in [0, 0.05) is 32.3 Å². The van der Waals surface area contributed by atoms with Crippen LogP contribution >= 0.6 is 0 Å². The van der Waals surface area contributed by atoms with Crippen LogP contribution in [-0.2, 0) is 16.1 Å². The maximum Gasteiger partial charge on any atom is 0.257 e. The van der Waals surface area contributed by atoms with Gasteiger partial charge in [-0.25, -0.2) is 4.39 Å². The van der Waals surface area contributed by atoms with E-state index in [0.717, 1.165) is 0 Å². The lowest BCUT2D eigenvalue weighted by Crippen LogP contribution is -2.28. The molecule has 0 aliphatic rings. The van der Waals surface area contributed by atoms with Gasteiger partial charge in [-0.05, 0) is 25.1 Å². The topological polar surface area (TPSA) is 59.6 Å². The van der Waals surface area contributed by atoms with E-state index in [1.54, 1.807) is 7.11 Å². The van der Waals surface area contributed by atoms with Crippen LogP contribution in [0.2, 0.25) is 0 Å². The number of ether oxygens (including phenoxy) is 2. The maximum atomic E-state index is 13.3. The van der Waals surface area contributed by atoms with Crippen molar-refractivity contribution in [3.63, 3.8) is 0 Å². The Hall–Kier alpha value is -1.66. The number of amides is 1. The van der Waals surface area contributed by atoms with Crippen LogP contribution in [0.1, 0.15) is 12.5 Å². The van der Waals surface area contributed by atoms with Crippen LogP contribution in [0.15, 0.2) is 18.2 Å². The highest BCUT2D eigenvalue weighted by molar-refractivity contribution is 5.77. The van der Waals surface area contributed by atoms with Gasteiger partial charge in [-0.3, -0.25) is 4.79 Å². The van der Waals surface area contributed by atoms with Crippen LogP contribution in [0.25, 0.3) is 0 Å². The zero-order chi connectivity index (χ0) is 14.8. The molecule has 0 heterocycles. The Labute approximate surface area is 118 Å². The lowest BCUT2D eigenvalue weighted by molar-refractivity contribution is -0.122. The normalized spacial score (nSPS) is 10.3. The molecule has 0 radical (unpaired) electrons. The Bertz CT molecular complexity index is 427. The second kappa shape index (κ2) is 9.28. The lowest BCUT2D eigenvalue weighted by atomic mass is 10.2. The van der Waals surface area contributed by atoms with E-state index in [0.29, 0.717) is 37.6 Å². The molecule has 0 aliphatic heterocycles. The average molecular weight is 284 g/mol. The summed E-state index contributed by atoms with van der Waals surface area (Å²) in [6.45, 7) is 3.99. The van der Waals surface area contributed by atoms with Gasteiger partial charge in [-0.2, -0.15) is 0 Å². The van der Waals surface area contributed by atoms with Crippen LogP contribution in [0, 0.1) is 5.82 Å². The summed E-state index contributed by atoms with van der Waals surface area (Å²) in [7, 11) is 1.62. The molecule has 0 saturated carbocycles. The predicted molar refractivity (Wildman–Crippen MR) is 74.2 cm³/mol. The van der Waals surface area contributed by atoms with Crippen molar-refractivity contribution in [2.24, 2.45) is 0 Å². The second-order valence-corrected chi connectivity index (χ2v) is 4.16. The average Bonchev–Trinajstić information content (AvgIpc) is 2.43. The summed E-state index contributed by atoms with van der Waals surface area (Å²) in [5.41, 5.74) is 0.672. The van der Waals surface area contributed by atoms with Gasteiger partial charge in [0.15, 0.2) is 6.61 Å². The Kier molecular flexibility index (Phi) is 7.60. The first kappa shape index (κ1) is 16.4. The number of hydrogen-bond donors (Lipinski definition) is 2. The summed E-state index contributed by atoms with van der Waals surface area (Å²) in [6.07, 6.45) is 0. The summed E-state index contributed by atoms with van der Waals surface area (Å²) < 4.78 is 23.6. The van der Waals surface area contributed by atoms with Gasteiger partial charge in [-0.1, -0.05) is 0 Å². The number of benzene rings is 1. The molecule has 1 amide bonds. The molecular formula is C14H21FN2O3. The SMILES string of the molecule is CCNC(=O)COc1ccc(F)cc1CNCCOC. The molecule has 5 nitrogen and oxygen atoms in total. The Morgan fingerprint density at radius 3 is 2.90 bits per heavy atom. The number of nitrogens with one attached hydrogen (secondary N) is 2. The molecule has 0 aromatic heterocycles. The van der Waals surface area contributed by atoms with E-state index >= 15 is 0 Å². The smallest absolute Gasteiger partial charge is 0.257 e. The van der Waals surface area contributed by atoms with Crippen LogP contribution in [0.4, 0.5) is 4.39 Å². The highest BCUT2D eigenvalue weighted by atomic mass is 19.1. The summed E-state index contributed by atoms with van der Waals surface area (Å²) in [5, 5.41) is 5.75. The first-order valence-corrected chi connectivity index (χ1v) is 6.55. The summed E-state index contributed by atoms with van der Waals surface area (Å²) in [6, 6.07) is 4.24. The second-order valence-electron chi connectivity index (χ2n) is 4.16. The van der Waals surface area contributed by atoms with E-state index in [-0.39, 0.29) is 18.3 Å². The molecule has 0 aliphatic carbocycles. The summed E-state index contributed by atoms with van der Waals surface area (Å²) in [4.78, 5) is 11.4. The van der Waals surface area contributed by atoms with Crippen molar-refractivity contribution in [1.82, 2.24) is 10.6 Å². The van der Waals surface area contributed by atoms with E-state index in [1.165, 1.54) is 18.2 Å². The standard InChI is InChI=1S/C14H21FN2O3/c1-3-17-14(18)10-20-13-5-4-12(15)8-11(13)9-16-6-7-19-2/h4-5,8,16H,3,6-7,9-10H2,1-2H3,(H,17,18). The molecule has 0 unspecified atom stereocenters. The van der Waals surface area contributed by atoms with Crippen LogP contribution in [-0.4, -0.2) is 39.3 Å². The van der Waals surface area contributed by atoms with Crippen molar-refractivity contribution in [2.45, 2.75) is 13.5 Å². The number of methoxy groups -OCH3 is 1. The van der Waals surface area contributed by atoms with E-state index in [1.807, 2.05) is 6.92 Å². The van der Waals surface area contributed by atoms with Crippen molar-refractivity contribution < 1.29 is 18.7 Å². The van der Waals surface area contributed by atoms with Crippen LogP contribution in [0.3, 0.4) is 0 Å². The van der Waals surface area contributed by atoms with Crippen molar-refractivity contribution in [1.29, 1.82) is 0 Å². The predicted octanol–water partition coefficient (Wildman–Crippen LogP) is 1.08. The lowest BCUT2D eigenvalue weighted by Gasteiger charge is -2.12. The minimum atomic E-state index is -0.334. The summed E-state index contributed by atoms with van der Waals surface area (Å²) >= 11 is 0. The highest BCUT2D eigenvalue weighted by Gasteiger charge is 2.07. The number of carbonyl (C=O) groups excluding carboxylic acids is 1. The first-order valence-electron chi connectivity index (χ1n) is 6.55. The van der Waals surface area contributed by atoms with Gasteiger partial charge >= 0.3 is 0 Å². The minimum Gasteiger partial charge on any atom is -0.483 e. The molecule has 2 N–H and O–H groups in total. The van der Waals surface area contributed by atoms with Gasteiger partial charge in [0.1, 0.15) is 11.6 Å². The third kappa shape index (κ3) is 5.99. The van der Waals surface area contributed by atoms with Crippen molar-refractivity contribution in [2.75, 3.05) is 33.4 Å². The summed E-state index contributed by atoms with van der Waals surface area (Å²) in [5.74, 6) is -0.0309. The van der Waals surface area contributed by atoms with Gasteiger partial charge < -0.3 is 20.1 Å². The molecule has 0 spiro atoms. The number of likely N-dealkylation sites (N-methyl/N-ethyl adjacent to an activating group) is 1. The highest BCUT2D eigenvalue weighted by Crippen LogP contribution is 2.19. The van der Waals surface area contributed by atoms with Crippen molar-refractivity contribution in [3.8, 4) is 5.75 Å². The zero-order valence-electron chi connectivity index (χ0n) is 11.9. The molecule has 1 aromatic rings. The number of hydrogen-bond acceptors (Lipinski definition) is 4.